The largest absolute Gasteiger partial charge is 0.394 e. The van der Waals surface area contributed by atoms with E-state index < -0.39 is 12.0 Å². The van der Waals surface area contributed by atoms with Crippen molar-refractivity contribution in [2.75, 3.05) is 13.2 Å². The third-order valence-corrected chi connectivity index (χ3v) is 3.74. The van der Waals surface area contributed by atoms with Crippen molar-refractivity contribution in [2.24, 2.45) is 0 Å². The first-order valence-electron chi connectivity index (χ1n) is 6.08. The van der Waals surface area contributed by atoms with Crippen LogP contribution in [0.4, 0.5) is 0 Å². The van der Waals surface area contributed by atoms with Crippen molar-refractivity contribution in [2.45, 2.75) is 25.0 Å². The second kappa shape index (κ2) is 6.09. The molecule has 0 aromatic heterocycles. The van der Waals surface area contributed by atoms with E-state index >= 15 is 0 Å². The number of halogens is 2. The predicted molar refractivity (Wildman–Crippen MR) is 73.2 cm³/mol. The summed E-state index contributed by atoms with van der Waals surface area (Å²) in [5.74, 6) is -0.421. The molecule has 2 rings (SSSR count). The van der Waals surface area contributed by atoms with Crippen LogP contribution in [-0.2, 0) is 4.79 Å². The van der Waals surface area contributed by atoms with Gasteiger partial charge in [-0.05, 0) is 36.6 Å². The van der Waals surface area contributed by atoms with Gasteiger partial charge in [0.15, 0.2) is 6.10 Å². The van der Waals surface area contributed by atoms with Crippen LogP contribution in [0.25, 0.3) is 0 Å². The van der Waals surface area contributed by atoms with Crippen molar-refractivity contribution in [3.63, 3.8) is 0 Å². The third kappa shape index (κ3) is 3.20. The highest BCUT2D eigenvalue weighted by atomic mass is 35.5. The second-order valence-electron chi connectivity index (χ2n) is 4.62. The van der Waals surface area contributed by atoms with E-state index in [1.165, 1.54) is 23.1 Å². The normalized spacial score (nSPS) is 20.6. The number of benzene rings is 1. The van der Waals surface area contributed by atoms with Gasteiger partial charge in [-0.3, -0.25) is 4.79 Å². The summed E-state index contributed by atoms with van der Waals surface area (Å²) < 4.78 is 0. The van der Waals surface area contributed by atoms with Gasteiger partial charge in [-0.1, -0.05) is 23.2 Å². The monoisotopic (exact) mass is 303 g/mol. The maximum Gasteiger partial charge on any atom is 0.256 e. The van der Waals surface area contributed by atoms with Gasteiger partial charge < -0.3 is 15.1 Å². The molecule has 0 bridgehead atoms. The molecule has 0 unspecified atom stereocenters. The number of rotatable bonds is 3. The molecule has 19 heavy (non-hydrogen) atoms. The molecule has 1 saturated heterocycles. The number of aliphatic hydroxyl groups excluding tert-OH is 2. The maximum absolute atomic E-state index is 12.2. The average Bonchev–Trinajstić information content (AvgIpc) is 2.84. The average molecular weight is 304 g/mol. The summed E-state index contributed by atoms with van der Waals surface area (Å²) in [6.45, 7) is 0.462. The van der Waals surface area contributed by atoms with Crippen LogP contribution in [0.1, 0.15) is 24.5 Å². The van der Waals surface area contributed by atoms with Gasteiger partial charge in [0, 0.05) is 16.6 Å². The Morgan fingerprint density at radius 1 is 1.37 bits per heavy atom. The Morgan fingerprint density at radius 2 is 2.00 bits per heavy atom. The highest BCUT2D eigenvalue weighted by Gasteiger charge is 2.32. The van der Waals surface area contributed by atoms with Crippen LogP contribution in [0.15, 0.2) is 18.2 Å². The molecule has 1 aromatic rings. The Kier molecular flexibility index (Phi) is 4.68. The highest BCUT2D eigenvalue weighted by molar-refractivity contribution is 6.34. The molecule has 2 atom stereocenters. The maximum atomic E-state index is 12.2. The quantitative estimate of drug-likeness (QED) is 0.898. The minimum Gasteiger partial charge on any atom is -0.394 e. The van der Waals surface area contributed by atoms with E-state index in [9.17, 15) is 15.0 Å². The van der Waals surface area contributed by atoms with Crippen molar-refractivity contribution < 1.29 is 15.0 Å². The lowest BCUT2D eigenvalue weighted by molar-refractivity contribution is -0.142. The summed E-state index contributed by atoms with van der Waals surface area (Å²) in [4.78, 5) is 13.7. The minimum absolute atomic E-state index is 0.0885. The molecular weight excluding hydrogens is 289 g/mol. The van der Waals surface area contributed by atoms with E-state index in [1.54, 1.807) is 0 Å². The molecule has 1 aliphatic heterocycles. The lowest BCUT2D eigenvalue weighted by Crippen LogP contribution is -2.40. The molecule has 6 heteroatoms. The van der Waals surface area contributed by atoms with Crippen molar-refractivity contribution >= 4 is 29.1 Å². The first-order chi connectivity index (χ1) is 9.02. The smallest absolute Gasteiger partial charge is 0.256 e. The number of aliphatic hydroxyl groups is 2. The summed E-state index contributed by atoms with van der Waals surface area (Å²) in [7, 11) is 0. The number of nitrogens with zero attached hydrogens (tertiary/aromatic N) is 1. The number of carbonyl (C=O) groups is 1. The Labute approximate surface area is 121 Å². The van der Waals surface area contributed by atoms with Gasteiger partial charge >= 0.3 is 0 Å². The van der Waals surface area contributed by atoms with Crippen LogP contribution in [0.3, 0.4) is 0 Å². The van der Waals surface area contributed by atoms with Crippen LogP contribution >= 0.6 is 23.2 Å². The molecule has 4 nitrogen and oxygen atoms in total. The predicted octanol–water partition coefficient (Wildman–Crippen LogP) is 2.01. The van der Waals surface area contributed by atoms with Crippen molar-refractivity contribution in [3.05, 3.63) is 33.8 Å². The van der Waals surface area contributed by atoms with E-state index in [1.807, 2.05) is 0 Å². The number of amides is 1. The number of hydrogen-bond acceptors (Lipinski definition) is 3. The fourth-order valence-electron chi connectivity index (χ4n) is 2.35. The summed E-state index contributed by atoms with van der Waals surface area (Å²) in [5, 5.41) is 20.1. The molecule has 1 heterocycles. The van der Waals surface area contributed by atoms with Crippen LogP contribution in [0.2, 0.25) is 10.0 Å². The van der Waals surface area contributed by atoms with Crippen molar-refractivity contribution in [3.8, 4) is 0 Å². The van der Waals surface area contributed by atoms with E-state index in [0.717, 1.165) is 12.8 Å². The number of hydrogen-bond donors (Lipinski definition) is 2. The molecule has 1 aliphatic rings. The first kappa shape index (κ1) is 14.6. The lowest BCUT2D eigenvalue weighted by atomic mass is 10.1. The summed E-state index contributed by atoms with van der Waals surface area (Å²) in [5.41, 5.74) is 0.367. The molecule has 0 spiro atoms. The Balaban J connectivity index is 2.18. The van der Waals surface area contributed by atoms with Gasteiger partial charge in [-0.15, -0.1) is 0 Å². The summed E-state index contributed by atoms with van der Waals surface area (Å²) >= 11 is 11.7. The number of carbonyl (C=O) groups excluding carboxylic acids is 1. The van der Waals surface area contributed by atoms with Crippen molar-refractivity contribution in [1.29, 1.82) is 0 Å². The zero-order valence-corrected chi connectivity index (χ0v) is 11.7. The van der Waals surface area contributed by atoms with Crippen LogP contribution in [0, 0.1) is 0 Å². The fraction of sp³-hybridized carbons (Fsp3) is 0.462. The molecule has 0 aliphatic carbocycles. The Hall–Kier alpha value is -0.810. The van der Waals surface area contributed by atoms with Gasteiger partial charge in [-0.25, -0.2) is 0 Å². The second-order valence-corrected chi connectivity index (χ2v) is 5.49. The molecule has 104 valence electrons. The van der Waals surface area contributed by atoms with E-state index in [0.29, 0.717) is 22.2 Å². The van der Waals surface area contributed by atoms with Crippen molar-refractivity contribution in [1.82, 2.24) is 4.90 Å². The van der Waals surface area contributed by atoms with Gasteiger partial charge in [0.25, 0.3) is 5.91 Å². The highest BCUT2D eigenvalue weighted by Crippen LogP contribution is 2.27. The van der Waals surface area contributed by atoms with Gasteiger partial charge in [-0.2, -0.15) is 0 Å². The van der Waals surface area contributed by atoms with E-state index in [4.69, 9.17) is 23.2 Å². The molecule has 1 aromatic carbocycles. The van der Waals surface area contributed by atoms with E-state index in [-0.39, 0.29) is 12.6 Å². The summed E-state index contributed by atoms with van der Waals surface area (Å²) in [6, 6.07) is 4.35. The van der Waals surface area contributed by atoms with Crippen LogP contribution < -0.4 is 0 Å². The van der Waals surface area contributed by atoms with Gasteiger partial charge in [0.2, 0.25) is 0 Å². The molecule has 1 fully saturated rings. The van der Waals surface area contributed by atoms with E-state index in [2.05, 4.69) is 0 Å². The van der Waals surface area contributed by atoms with Gasteiger partial charge in [0.05, 0.1) is 12.6 Å². The minimum atomic E-state index is -1.30. The molecule has 1 amide bonds. The lowest BCUT2D eigenvalue weighted by Gasteiger charge is -2.25. The zero-order chi connectivity index (χ0) is 14.0. The standard InChI is InChI=1S/C13H15Cl2NO3/c14-9-4-8(5-10(15)6-9)12(18)13(19)16-3-1-2-11(16)7-17/h4-6,11-12,17-18H,1-3,7H2/t11-,12+/m1/s1. The SMILES string of the molecule is O=C([C@@H](O)c1cc(Cl)cc(Cl)c1)N1CCC[C@@H]1CO. The third-order valence-electron chi connectivity index (χ3n) is 3.31. The molecule has 2 N–H and O–H groups in total. The summed E-state index contributed by atoms with van der Waals surface area (Å²) in [6.07, 6.45) is 0.286. The number of likely N-dealkylation sites (tertiary alicyclic amines) is 1. The van der Waals surface area contributed by atoms with Gasteiger partial charge in [0.1, 0.15) is 0 Å². The van der Waals surface area contributed by atoms with Crippen LogP contribution in [0.5, 0.6) is 0 Å². The molecular formula is C13H15Cl2NO3. The van der Waals surface area contributed by atoms with Crippen LogP contribution in [-0.4, -0.2) is 40.2 Å². The Bertz CT molecular complexity index is 461. The zero-order valence-electron chi connectivity index (χ0n) is 10.2. The Morgan fingerprint density at radius 3 is 2.58 bits per heavy atom. The fourth-order valence-corrected chi connectivity index (χ4v) is 2.89. The topological polar surface area (TPSA) is 60.8 Å². The first-order valence-corrected chi connectivity index (χ1v) is 6.84. The molecule has 0 saturated carbocycles. The molecule has 0 radical (unpaired) electrons.